The van der Waals surface area contributed by atoms with Gasteiger partial charge in [-0.3, -0.25) is 25.7 Å². The Bertz CT molecular complexity index is 681. The van der Waals surface area contributed by atoms with Crippen LogP contribution in [0.4, 0.5) is 17.1 Å². The zero-order chi connectivity index (χ0) is 15.3. The Morgan fingerprint density at radius 3 is 2.30 bits per heavy atom. The highest BCUT2D eigenvalue weighted by atomic mass is 16.6. The van der Waals surface area contributed by atoms with Crippen molar-refractivity contribution >= 4 is 22.8 Å². The summed E-state index contributed by atoms with van der Waals surface area (Å²) in [4.78, 5) is 20.2. The first kappa shape index (κ1) is 14.5. The van der Waals surface area contributed by atoms with Crippen LogP contribution in [0.1, 0.15) is 5.56 Å². The molecule has 0 aliphatic carbocycles. The number of anilines is 1. The summed E-state index contributed by atoms with van der Waals surface area (Å²) in [6.45, 7) is 1.40. The Morgan fingerprint density at radius 2 is 1.85 bits per heavy atom. The van der Waals surface area contributed by atoms with E-state index >= 15 is 0 Å². The average Bonchev–Trinajstić information content (AvgIpc) is 2.39. The van der Waals surface area contributed by atoms with E-state index in [1.54, 1.807) is 0 Å². The Kier molecular flexibility index (Phi) is 4.27. The van der Waals surface area contributed by atoms with E-state index in [-0.39, 0.29) is 5.56 Å². The molecule has 1 N–H and O–H groups in total. The molecule has 10 nitrogen and oxygen atoms in total. The Hall–Kier alpha value is -3.53. The van der Waals surface area contributed by atoms with Gasteiger partial charge in [-0.05, 0) is 13.0 Å². The predicted molar refractivity (Wildman–Crippen MR) is 66.8 cm³/mol. The molecule has 0 aliphatic rings. The van der Waals surface area contributed by atoms with E-state index in [9.17, 15) is 20.2 Å². The smallest absolute Gasteiger partial charge is 0.264 e. The fraction of sp³-hybridized carbons (Fsp3) is 0.100. The monoisotopic (exact) mass is 274 g/mol. The van der Waals surface area contributed by atoms with Crippen LogP contribution in [0, 0.1) is 49.8 Å². The molecule has 0 saturated carbocycles. The van der Waals surface area contributed by atoms with Crippen LogP contribution in [0.2, 0.25) is 0 Å². The van der Waals surface area contributed by atoms with E-state index in [0.29, 0.717) is 0 Å². The van der Waals surface area contributed by atoms with Crippen molar-refractivity contribution in [2.24, 2.45) is 5.10 Å². The fourth-order valence-corrected chi connectivity index (χ4v) is 1.37. The number of benzene rings is 1. The molecule has 100 valence electrons. The summed E-state index contributed by atoms with van der Waals surface area (Å²) in [6, 6.07) is 5.13. The van der Waals surface area contributed by atoms with Gasteiger partial charge >= 0.3 is 11.4 Å². The van der Waals surface area contributed by atoms with Gasteiger partial charge in [-0.2, -0.15) is 15.6 Å². The molecule has 1 rings (SSSR count). The number of nitriles is 2. The standard InChI is InChI=1S/C10H6N6O4/c1-6-2-3-8(15(17)18)9(10(6)16(19)20)14-13-7(4-11)5-12/h2-3,14H,1H3. The van der Waals surface area contributed by atoms with Gasteiger partial charge in [0.25, 0.3) is 0 Å². The molecule has 0 unspecified atom stereocenters. The molecule has 0 aromatic heterocycles. The second kappa shape index (κ2) is 5.88. The highest BCUT2D eigenvalue weighted by Gasteiger charge is 2.27. The number of rotatable bonds is 4. The zero-order valence-electron chi connectivity index (χ0n) is 10.0. The SMILES string of the molecule is Cc1ccc([N+](=O)[O-])c(NN=C(C#N)C#N)c1[N+](=O)[O-]. The van der Waals surface area contributed by atoms with E-state index in [1.165, 1.54) is 25.1 Å². The minimum absolute atomic E-state index is 0.175. The van der Waals surface area contributed by atoms with Gasteiger partial charge in [-0.15, -0.1) is 0 Å². The second-order valence-corrected chi connectivity index (χ2v) is 3.44. The molecular weight excluding hydrogens is 268 g/mol. The normalized spacial score (nSPS) is 8.95. The first-order valence-electron chi connectivity index (χ1n) is 4.98. The molecule has 0 saturated heterocycles. The van der Waals surface area contributed by atoms with Crippen LogP contribution in [0.25, 0.3) is 0 Å². The van der Waals surface area contributed by atoms with E-state index in [4.69, 9.17) is 10.5 Å². The number of hydrazone groups is 1. The molecule has 0 fully saturated rings. The number of nitro groups is 2. The molecule has 1 aromatic rings. The van der Waals surface area contributed by atoms with Gasteiger partial charge in [0.1, 0.15) is 12.1 Å². The summed E-state index contributed by atoms with van der Waals surface area (Å²) >= 11 is 0. The summed E-state index contributed by atoms with van der Waals surface area (Å²) < 4.78 is 0. The lowest BCUT2D eigenvalue weighted by atomic mass is 10.1. The summed E-state index contributed by atoms with van der Waals surface area (Å²) in [7, 11) is 0. The predicted octanol–water partition coefficient (Wildman–Crippen LogP) is 1.63. The Balaban J connectivity index is 3.49. The number of hydrogen-bond donors (Lipinski definition) is 1. The lowest BCUT2D eigenvalue weighted by Crippen LogP contribution is -2.04. The third-order valence-corrected chi connectivity index (χ3v) is 2.23. The number of nitro benzene ring substituents is 2. The van der Waals surface area contributed by atoms with Gasteiger partial charge in [-0.1, -0.05) is 0 Å². The molecule has 0 radical (unpaired) electrons. The summed E-state index contributed by atoms with van der Waals surface area (Å²) in [6.07, 6.45) is 0. The number of hydrogen-bond acceptors (Lipinski definition) is 8. The summed E-state index contributed by atoms with van der Waals surface area (Å²) in [5.74, 6) is 0. The van der Waals surface area contributed by atoms with Crippen LogP contribution in [-0.4, -0.2) is 15.6 Å². The van der Waals surface area contributed by atoms with Crippen molar-refractivity contribution in [2.45, 2.75) is 6.92 Å². The molecule has 10 heteroatoms. The van der Waals surface area contributed by atoms with E-state index in [0.717, 1.165) is 6.07 Å². The maximum Gasteiger partial charge on any atom is 0.304 e. The topological polar surface area (TPSA) is 158 Å². The van der Waals surface area contributed by atoms with Gasteiger partial charge in [-0.25, -0.2) is 0 Å². The fourth-order valence-electron chi connectivity index (χ4n) is 1.37. The molecule has 0 atom stereocenters. The molecule has 20 heavy (non-hydrogen) atoms. The third kappa shape index (κ3) is 2.83. The van der Waals surface area contributed by atoms with Crippen molar-refractivity contribution in [2.75, 3.05) is 5.43 Å². The van der Waals surface area contributed by atoms with Gasteiger partial charge < -0.3 is 0 Å². The van der Waals surface area contributed by atoms with E-state index in [1.807, 2.05) is 5.43 Å². The molecule has 0 bridgehead atoms. The maximum absolute atomic E-state index is 11.0. The molecule has 0 spiro atoms. The lowest BCUT2D eigenvalue weighted by molar-refractivity contribution is -0.392. The Labute approximate surface area is 111 Å². The van der Waals surface area contributed by atoms with Crippen molar-refractivity contribution in [3.05, 3.63) is 37.9 Å². The van der Waals surface area contributed by atoms with Crippen LogP contribution < -0.4 is 5.43 Å². The second-order valence-electron chi connectivity index (χ2n) is 3.44. The minimum Gasteiger partial charge on any atom is -0.264 e. The van der Waals surface area contributed by atoms with Gasteiger partial charge in [0.15, 0.2) is 0 Å². The zero-order valence-corrected chi connectivity index (χ0v) is 10.0. The van der Waals surface area contributed by atoms with Crippen LogP contribution >= 0.6 is 0 Å². The average molecular weight is 274 g/mol. The molecule has 0 aliphatic heterocycles. The Morgan fingerprint density at radius 1 is 1.25 bits per heavy atom. The first-order valence-corrected chi connectivity index (χ1v) is 4.98. The quantitative estimate of drug-likeness (QED) is 0.496. The first-order chi connectivity index (χ1) is 9.42. The molecule has 0 amide bonds. The minimum atomic E-state index is -0.831. The van der Waals surface area contributed by atoms with Crippen LogP contribution in [0.3, 0.4) is 0 Å². The highest BCUT2D eigenvalue weighted by molar-refractivity contribution is 6.10. The molecular formula is C10H6N6O4. The van der Waals surface area contributed by atoms with Crippen LogP contribution in [0.15, 0.2) is 17.2 Å². The maximum atomic E-state index is 11.0. The van der Waals surface area contributed by atoms with Crippen LogP contribution in [-0.2, 0) is 0 Å². The lowest BCUT2D eigenvalue weighted by Gasteiger charge is -2.05. The highest BCUT2D eigenvalue weighted by Crippen LogP contribution is 2.36. The molecule has 0 heterocycles. The van der Waals surface area contributed by atoms with Crippen molar-refractivity contribution < 1.29 is 9.85 Å². The largest absolute Gasteiger partial charge is 0.304 e. The van der Waals surface area contributed by atoms with Crippen molar-refractivity contribution in [1.82, 2.24) is 0 Å². The number of nitrogens with zero attached hydrogens (tertiary/aromatic N) is 5. The summed E-state index contributed by atoms with van der Waals surface area (Å²) in [5.41, 5.74) is -0.00275. The van der Waals surface area contributed by atoms with Crippen molar-refractivity contribution in [1.29, 1.82) is 10.5 Å². The van der Waals surface area contributed by atoms with Gasteiger partial charge in [0.2, 0.25) is 11.4 Å². The van der Waals surface area contributed by atoms with Gasteiger partial charge in [0, 0.05) is 11.6 Å². The third-order valence-electron chi connectivity index (χ3n) is 2.23. The van der Waals surface area contributed by atoms with Gasteiger partial charge in [0.05, 0.1) is 9.85 Å². The van der Waals surface area contributed by atoms with Crippen molar-refractivity contribution in [3.8, 4) is 12.1 Å². The van der Waals surface area contributed by atoms with E-state index in [2.05, 4.69) is 5.10 Å². The van der Waals surface area contributed by atoms with E-state index < -0.39 is 32.6 Å². The van der Waals surface area contributed by atoms with Crippen molar-refractivity contribution in [3.63, 3.8) is 0 Å². The van der Waals surface area contributed by atoms with Crippen LogP contribution in [0.5, 0.6) is 0 Å². The number of aryl methyl sites for hydroxylation is 1. The summed E-state index contributed by atoms with van der Waals surface area (Å²) in [5, 5.41) is 42.1. The number of nitrogens with one attached hydrogen (secondary N) is 1. The molecule has 1 aromatic carbocycles.